The molecule has 2 fully saturated rings. The van der Waals surface area contributed by atoms with E-state index in [-0.39, 0.29) is 35.3 Å². The second-order valence-electron chi connectivity index (χ2n) is 8.62. The van der Waals surface area contributed by atoms with Gasteiger partial charge >= 0.3 is 11.9 Å². The smallest absolute Gasteiger partial charge is 0.336 e. The van der Waals surface area contributed by atoms with Crippen LogP contribution in [0.1, 0.15) is 83.2 Å². The fraction of sp³-hybridized carbons (Fsp3) is 0.538. The molecule has 0 bridgehead atoms. The van der Waals surface area contributed by atoms with E-state index in [4.69, 9.17) is 18.9 Å². The Morgan fingerprint density at radius 3 is 1.91 bits per heavy atom. The number of ether oxygens (including phenoxy) is 4. The van der Waals surface area contributed by atoms with Crippen LogP contribution in [0.25, 0.3) is 0 Å². The highest BCUT2D eigenvalue weighted by Gasteiger charge is 2.40. The molecular weight excluding hydrogens is 440 g/mol. The van der Waals surface area contributed by atoms with E-state index in [9.17, 15) is 19.8 Å². The maximum atomic E-state index is 12.7. The van der Waals surface area contributed by atoms with Crippen LogP contribution in [0, 0.1) is 0 Å². The van der Waals surface area contributed by atoms with Crippen LogP contribution in [0.3, 0.4) is 0 Å². The zero-order valence-electron chi connectivity index (χ0n) is 19.8. The lowest BCUT2D eigenvalue weighted by atomic mass is 9.77. The molecular formula is C26H34O8. The van der Waals surface area contributed by atoms with Gasteiger partial charge in [0.2, 0.25) is 0 Å². The number of aromatic carboxylic acids is 2. The van der Waals surface area contributed by atoms with Gasteiger partial charge in [0.15, 0.2) is 12.6 Å². The second kappa shape index (κ2) is 11.8. The minimum Gasteiger partial charge on any atom is -0.478 e. The van der Waals surface area contributed by atoms with E-state index in [2.05, 4.69) is 13.2 Å². The van der Waals surface area contributed by atoms with Crippen molar-refractivity contribution in [1.29, 1.82) is 0 Å². The Labute approximate surface area is 200 Å². The van der Waals surface area contributed by atoms with Crippen molar-refractivity contribution in [3.05, 3.63) is 59.7 Å². The van der Waals surface area contributed by atoms with Gasteiger partial charge in [-0.2, -0.15) is 0 Å². The van der Waals surface area contributed by atoms with Crippen LogP contribution >= 0.6 is 0 Å². The fourth-order valence-electron chi connectivity index (χ4n) is 4.99. The Morgan fingerprint density at radius 2 is 1.47 bits per heavy atom. The molecule has 2 N–H and O–H groups in total. The van der Waals surface area contributed by atoms with Gasteiger partial charge in [0.25, 0.3) is 0 Å². The molecule has 1 aromatic carbocycles. The van der Waals surface area contributed by atoms with Gasteiger partial charge in [0.05, 0.1) is 36.5 Å². The predicted octanol–water partition coefficient (Wildman–Crippen LogP) is 4.71. The fourth-order valence-corrected chi connectivity index (χ4v) is 4.99. The van der Waals surface area contributed by atoms with Crippen molar-refractivity contribution in [2.24, 2.45) is 0 Å². The summed E-state index contributed by atoms with van der Waals surface area (Å²) in [6, 6.07) is 3.12. The molecule has 2 aliphatic heterocycles. The number of carboxylic acid groups (broad SMARTS) is 2. The summed E-state index contributed by atoms with van der Waals surface area (Å²) in [6.07, 6.45) is 3.77. The first kappa shape index (κ1) is 26.1. The SMILES string of the molecule is C=CC1OCC(C(CCC)c2ccc(C(=O)O)c(C(CCC)C3COC(C=C)O3)c2C(=O)O)O1. The van der Waals surface area contributed by atoms with Crippen LogP contribution in [0.4, 0.5) is 0 Å². The lowest BCUT2D eigenvalue weighted by Gasteiger charge is -2.30. The number of hydrogen-bond acceptors (Lipinski definition) is 6. The van der Waals surface area contributed by atoms with Crippen LogP contribution in [0.2, 0.25) is 0 Å². The number of carbonyl (C=O) groups is 2. The highest BCUT2D eigenvalue weighted by atomic mass is 16.7. The van der Waals surface area contributed by atoms with Gasteiger partial charge in [-0.15, -0.1) is 0 Å². The summed E-state index contributed by atoms with van der Waals surface area (Å²) in [4.78, 5) is 25.0. The Bertz CT molecular complexity index is 910. The quantitative estimate of drug-likeness (QED) is 0.419. The number of rotatable bonds is 12. The second-order valence-corrected chi connectivity index (χ2v) is 8.62. The molecule has 0 saturated carbocycles. The minimum atomic E-state index is -1.18. The average Bonchev–Trinajstić information content (AvgIpc) is 3.49. The van der Waals surface area contributed by atoms with Crippen molar-refractivity contribution in [2.45, 2.75) is 76.2 Å². The molecule has 8 nitrogen and oxygen atoms in total. The van der Waals surface area contributed by atoms with Crippen molar-refractivity contribution in [3.8, 4) is 0 Å². The summed E-state index contributed by atoms with van der Waals surface area (Å²) < 4.78 is 23.1. The molecule has 186 valence electrons. The maximum absolute atomic E-state index is 12.7. The molecule has 0 radical (unpaired) electrons. The van der Waals surface area contributed by atoms with Gasteiger partial charge in [0.1, 0.15) is 0 Å². The standard InChI is InChI=1S/C26H34O8/c1-5-9-15(19-13-31-21(7-3)33-19)16-11-12-18(25(27)28)23(24(16)26(29)30)17(10-6-2)20-14-32-22(8-4)34-20/h7-8,11-12,15,17,19-22H,3-6,9-10,13-14H2,1-2H3,(H,27,28)(H,29,30). The van der Waals surface area contributed by atoms with Gasteiger partial charge in [-0.05, 0) is 42.2 Å². The molecule has 0 spiro atoms. The topological polar surface area (TPSA) is 112 Å². The van der Waals surface area contributed by atoms with Crippen molar-refractivity contribution >= 4 is 11.9 Å². The normalized spacial score (nSPS) is 26.2. The molecule has 34 heavy (non-hydrogen) atoms. The molecule has 1 aromatic rings. The molecule has 2 heterocycles. The van der Waals surface area contributed by atoms with Gasteiger partial charge < -0.3 is 29.2 Å². The zero-order valence-corrected chi connectivity index (χ0v) is 19.8. The molecule has 2 aliphatic rings. The summed E-state index contributed by atoms with van der Waals surface area (Å²) in [6.45, 7) is 11.9. The summed E-state index contributed by atoms with van der Waals surface area (Å²) in [5, 5.41) is 20.4. The first-order valence-corrected chi connectivity index (χ1v) is 11.8. The zero-order chi connectivity index (χ0) is 24.8. The summed E-state index contributed by atoms with van der Waals surface area (Å²) in [7, 11) is 0. The molecule has 6 unspecified atom stereocenters. The van der Waals surface area contributed by atoms with Crippen LogP contribution in [0.15, 0.2) is 37.4 Å². The molecule has 8 heteroatoms. The van der Waals surface area contributed by atoms with Crippen molar-refractivity contribution in [3.63, 3.8) is 0 Å². The molecule has 3 rings (SSSR count). The van der Waals surface area contributed by atoms with Gasteiger partial charge in [-0.3, -0.25) is 0 Å². The first-order chi connectivity index (χ1) is 16.4. The first-order valence-electron chi connectivity index (χ1n) is 11.8. The van der Waals surface area contributed by atoms with E-state index >= 15 is 0 Å². The minimum absolute atomic E-state index is 0.00751. The monoisotopic (exact) mass is 474 g/mol. The summed E-state index contributed by atoms with van der Waals surface area (Å²) in [5.74, 6) is -3.11. The molecule has 2 saturated heterocycles. The molecule has 0 amide bonds. The summed E-state index contributed by atoms with van der Waals surface area (Å²) >= 11 is 0. The Kier molecular flexibility index (Phi) is 9.02. The third-order valence-corrected chi connectivity index (χ3v) is 6.44. The maximum Gasteiger partial charge on any atom is 0.336 e. The molecule has 0 aliphatic carbocycles. The van der Waals surface area contributed by atoms with E-state index < -0.39 is 36.5 Å². The highest BCUT2D eigenvalue weighted by Crippen LogP contribution is 2.41. The van der Waals surface area contributed by atoms with Gasteiger partial charge in [-0.25, -0.2) is 9.59 Å². The van der Waals surface area contributed by atoms with E-state index in [1.165, 1.54) is 12.1 Å². The largest absolute Gasteiger partial charge is 0.478 e. The lowest BCUT2D eigenvalue weighted by molar-refractivity contribution is -0.0251. The van der Waals surface area contributed by atoms with E-state index in [1.54, 1.807) is 12.1 Å². The summed E-state index contributed by atoms with van der Waals surface area (Å²) in [5.41, 5.74) is 0.798. The van der Waals surface area contributed by atoms with E-state index in [0.717, 1.165) is 6.42 Å². The van der Waals surface area contributed by atoms with Crippen LogP contribution in [-0.2, 0) is 18.9 Å². The third kappa shape index (κ3) is 5.41. The molecule has 0 aromatic heterocycles. The number of benzene rings is 1. The third-order valence-electron chi connectivity index (χ3n) is 6.44. The van der Waals surface area contributed by atoms with E-state index in [1.807, 2.05) is 13.8 Å². The van der Waals surface area contributed by atoms with Gasteiger partial charge in [0, 0.05) is 11.8 Å². The Balaban J connectivity index is 2.17. The van der Waals surface area contributed by atoms with E-state index in [0.29, 0.717) is 31.4 Å². The average molecular weight is 475 g/mol. The van der Waals surface area contributed by atoms with Gasteiger partial charge in [-0.1, -0.05) is 45.9 Å². The Morgan fingerprint density at radius 1 is 0.941 bits per heavy atom. The van der Waals surface area contributed by atoms with Crippen molar-refractivity contribution < 1.29 is 38.7 Å². The predicted molar refractivity (Wildman–Crippen MR) is 125 cm³/mol. The highest BCUT2D eigenvalue weighted by molar-refractivity contribution is 5.98. The van der Waals surface area contributed by atoms with Crippen molar-refractivity contribution in [1.82, 2.24) is 0 Å². The Hall–Kier alpha value is -2.52. The molecule has 6 atom stereocenters. The van der Waals surface area contributed by atoms with Crippen molar-refractivity contribution in [2.75, 3.05) is 13.2 Å². The van der Waals surface area contributed by atoms with Crippen LogP contribution in [-0.4, -0.2) is 60.2 Å². The number of carboxylic acids is 2. The van der Waals surface area contributed by atoms with Crippen LogP contribution < -0.4 is 0 Å². The number of hydrogen-bond donors (Lipinski definition) is 2. The van der Waals surface area contributed by atoms with Crippen LogP contribution in [0.5, 0.6) is 0 Å². The lowest BCUT2D eigenvalue weighted by Crippen LogP contribution is -2.29.